The van der Waals surface area contributed by atoms with E-state index in [1.165, 1.54) is 10.1 Å². The maximum absolute atomic E-state index is 13.1. The molecule has 1 amide bonds. The zero-order valence-corrected chi connectivity index (χ0v) is 17.6. The highest BCUT2D eigenvalue weighted by atomic mass is 16.2. The summed E-state index contributed by atoms with van der Waals surface area (Å²) in [7, 11) is 5.59. The molecular formula is C24H26N4O2. The van der Waals surface area contributed by atoms with Crippen LogP contribution in [0.25, 0.3) is 21.8 Å². The van der Waals surface area contributed by atoms with Crippen molar-refractivity contribution >= 4 is 27.7 Å². The predicted octanol–water partition coefficient (Wildman–Crippen LogP) is 2.89. The minimum absolute atomic E-state index is 0.108. The molecule has 0 spiro atoms. The van der Waals surface area contributed by atoms with Crippen molar-refractivity contribution in [3.05, 3.63) is 82.3 Å². The van der Waals surface area contributed by atoms with Gasteiger partial charge in [-0.25, -0.2) is 0 Å². The fourth-order valence-corrected chi connectivity index (χ4v) is 4.00. The lowest BCUT2D eigenvalue weighted by Crippen LogP contribution is -2.33. The Kier molecular flexibility index (Phi) is 5.42. The zero-order chi connectivity index (χ0) is 21.3. The van der Waals surface area contributed by atoms with Gasteiger partial charge in [-0.15, -0.1) is 0 Å². The predicted molar refractivity (Wildman–Crippen MR) is 121 cm³/mol. The number of nitrogens with one attached hydrogen (secondary N) is 1. The third kappa shape index (κ3) is 3.62. The van der Waals surface area contributed by atoms with Gasteiger partial charge in [-0.3, -0.25) is 9.59 Å². The number of likely N-dealkylation sites (N-methyl/N-ethyl adjacent to an activating group) is 1. The van der Waals surface area contributed by atoms with Gasteiger partial charge < -0.3 is 19.4 Å². The van der Waals surface area contributed by atoms with Crippen LogP contribution in [0.2, 0.25) is 0 Å². The van der Waals surface area contributed by atoms with Crippen molar-refractivity contribution in [1.29, 1.82) is 0 Å². The molecule has 4 rings (SSSR count). The van der Waals surface area contributed by atoms with Crippen molar-refractivity contribution in [1.82, 2.24) is 19.4 Å². The molecule has 0 radical (unpaired) electrons. The molecule has 154 valence electrons. The van der Waals surface area contributed by atoms with E-state index < -0.39 is 0 Å². The van der Waals surface area contributed by atoms with E-state index in [0.717, 1.165) is 24.0 Å². The van der Waals surface area contributed by atoms with E-state index in [-0.39, 0.29) is 11.5 Å². The highest BCUT2D eigenvalue weighted by Gasteiger charge is 2.20. The average Bonchev–Trinajstić information content (AvgIpc) is 3.04. The minimum atomic E-state index is -0.167. The SMILES string of the molecule is CN(CCNC(=O)c1cn(C)c(=O)c2c1c1ccccc1n2C)Cc1ccccc1. The van der Waals surface area contributed by atoms with E-state index in [2.05, 4.69) is 22.3 Å². The maximum Gasteiger partial charge on any atom is 0.274 e. The van der Waals surface area contributed by atoms with Gasteiger partial charge in [0.25, 0.3) is 11.5 Å². The van der Waals surface area contributed by atoms with E-state index in [1.54, 1.807) is 13.2 Å². The lowest BCUT2D eigenvalue weighted by molar-refractivity contribution is 0.0950. The van der Waals surface area contributed by atoms with E-state index in [4.69, 9.17) is 0 Å². The molecule has 2 heterocycles. The van der Waals surface area contributed by atoms with Crippen LogP contribution in [0.3, 0.4) is 0 Å². The third-order valence-corrected chi connectivity index (χ3v) is 5.54. The van der Waals surface area contributed by atoms with Crippen LogP contribution in [-0.2, 0) is 20.6 Å². The summed E-state index contributed by atoms with van der Waals surface area (Å²) in [5.41, 5.74) is 3.14. The highest BCUT2D eigenvalue weighted by Crippen LogP contribution is 2.28. The van der Waals surface area contributed by atoms with Crippen molar-refractivity contribution in [3.63, 3.8) is 0 Å². The van der Waals surface area contributed by atoms with E-state index in [9.17, 15) is 9.59 Å². The van der Waals surface area contributed by atoms with Crippen LogP contribution in [0, 0.1) is 0 Å². The molecule has 2 aromatic carbocycles. The Morgan fingerprint density at radius 3 is 2.50 bits per heavy atom. The summed E-state index contributed by atoms with van der Waals surface area (Å²) >= 11 is 0. The highest BCUT2D eigenvalue weighted by molar-refractivity contribution is 6.17. The van der Waals surface area contributed by atoms with Crippen molar-refractivity contribution < 1.29 is 4.79 Å². The van der Waals surface area contributed by atoms with Crippen LogP contribution in [-0.4, -0.2) is 40.1 Å². The molecule has 6 nitrogen and oxygen atoms in total. The van der Waals surface area contributed by atoms with Crippen molar-refractivity contribution in [2.24, 2.45) is 14.1 Å². The Balaban J connectivity index is 1.57. The van der Waals surface area contributed by atoms with Gasteiger partial charge in [0, 0.05) is 56.2 Å². The molecular weight excluding hydrogens is 376 g/mol. The number of hydrogen-bond acceptors (Lipinski definition) is 3. The van der Waals surface area contributed by atoms with Crippen LogP contribution in [0.4, 0.5) is 0 Å². The number of benzene rings is 2. The first kappa shape index (κ1) is 19.9. The second kappa shape index (κ2) is 8.16. The molecule has 0 aliphatic carbocycles. The third-order valence-electron chi connectivity index (χ3n) is 5.54. The lowest BCUT2D eigenvalue weighted by atomic mass is 10.1. The standard InChI is InChI=1S/C24H26N4O2/c1-26(15-17-9-5-4-6-10-17)14-13-25-23(29)19-16-27(2)24(30)22-21(19)18-11-7-8-12-20(18)28(22)3/h4-12,16H,13-15H2,1-3H3,(H,25,29). The number of carbonyl (C=O) groups is 1. The van der Waals surface area contributed by atoms with Gasteiger partial charge in [0.2, 0.25) is 0 Å². The molecule has 4 aromatic rings. The van der Waals surface area contributed by atoms with E-state index >= 15 is 0 Å². The van der Waals surface area contributed by atoms with Gasteiger partial charge in [-0.05, 0) is 18.7 Å². The molecule has 0 saturated carbocycles. The first-order chi connectivity index (χ1) is 14.5. The van der Waals surface area contributed by atoms with Gasteiger partial charge in [-0.2, -0.15) is 0 Å². The molecule has 0 fully saturated rings. The summed E-state index contributed by atoms with van der Waals surface area (Å²) in [4.78, 5) is 28.0. The molecule has 0 atom stereocenters. The largest absolute Gasteiger partial charge is 0.351 e. The van der Waals surface area contributed by atoms with Gasteiger partial charge in [-0.1, -0.05) is 48.5 Å². The van der Waals surface area contributed by atoms with Crippen LogP contribution in [0.5, 0.6) is 0 Å². The van der Waals surface area contributed by atoms with Gasteiger partial charge >= 0.3 is 0 Å². The summed E-state index contributed by atoms with van der Waals surface area (Å²) in [5, 5.41) is 4.65. The lowest BCUT2D eigenvalue weighted by Gasteiger charge is -2.17. The minimum Gasteiger partial charge on any atom is -0.351 e. The number of carbonyl (C=O) groups excluding carboxylic acids is 1. The Hall–Kier alpha value is -3.38. The van der Waals surface area contributed by atoms with E-state index in [0.29, 0.717) is 23.0 Å². The van der Waals surface area contributed by atoms with Gasteiger partial charge in [0.15, 0.2) is 0 Å². The normalized spacial score (nSPS) is 11.5. The summed E-state index contributed by atoms with van der Waals surface area (Å²) < 4.78 is 3.36. The number of fused-ring (bicyclic) bond motifs is 3. The number of aryl methyl sites for hydroxylation is 2. The Bertz CT molecular complexity index is 1270. The number of amides is 1. The first-order valence-corrected chi connectivity index (χ1v) is 10.0. The number of rotatable bonds is 6. The molecule has 0 saturated heterocycles. The molecule has 0 aliphatic rings. The van der Waals surface area contributed by atoms with Crippen molar-refractivity contribution in [3.8, 4) is 0 Å². The summed E-state index contributed by atoms with van der Waals surface area (Å²) in [6.45, 7) is 2.08. The molecule has 30 heavy (non-hydrogen) atoms. The van der Waals surface area contributed by atoms with Crippen LogP contribution >= 0.6 is 0 Å². The van der Waals surface area contributed by atoms with Crippen LogP contribution < -0.4 is 10.9 Å². The van der Waals surface area contributed by atoms with Gasteiger partial charge in [0.1, 0.15) is 5.52 Å². The second-order valence-corrected chi connectivity index (χ2v) is 7.74. The molecule has 0 aliphatic heterocycles. The summed E-state index contributed by atoms with van der Waals surface area (Å²) in [5.74, 6) is -0.167. The summed E-state index contributed by atoms with van der Waals surface area (Å²) in [6.07, 6.45) is 1.64. The number of hydrogen-bond donors (Lipinski definition) is 1. The Labute approximate surface area is 175 Å². The van der Waals surface area contributed by atoms with Crippen LogP contribution in [0.15, 0.2) is 65.6 Å². The molecule has 0 unspecified atom stereocenters. The fraction of sp³-hybridized carbons (Fsp3) is 0.250. The smallest absolute Gasteiger partial charge is 0.274 e. The number of aromatic nitrogens is 2. The van der Waals surface area contributed by atoms with Gasteiger partial charge in [0.05, 0.1) is 5.56 Å². The summed E-state index contributed by atoms with van der Waals surface area (Å²) in [6, 6.07) is 18.0. The number of pyridine rings is 1. The number of nitrogens with zero attached hydrogens (tertiary/aromatic N) is 3. The van der Waals surface area contributed by atoms with Crippen LogP contribution in [0.1, 0.15) is 15.9 Å². The first-order valence-electron chi connectivity index (χ1n) is 10.0. The fourth-order valence-electron chi connectivity index (χ4n) is 4.00. The average molecular weight is 402 g/mol. The quantitative estimate of drug-likeness (QED) is 0.540. The van der Waals surface area contributed by atoms with E-state index in [1.807, 2.05) is 61.1 Å². The number of para-hydroxylation sites is 1. The Morgan fingerprint density at radius 2 is 1.73 bits per heavy atom. The van der Waals surface area contributed by atoms with Crippen molar-refractivity contribution in [2.45, 2.75) is 6.54 Å². The molecule has 2 aromatic heterocycles. The van der Waals surface area contributed by atoms with Crippen molar-refractivity contribution in [2.75, 3.05) is 20.1 Å². The monoisotopic (exact) mass is 402 g/mol. The second-order valence-electron chi connectivity index (χ2n) is 7.74. The Morgan fingerprint density at radius 1 is 1.03 bits per heavy atom. The maximum atomic E-state index is 13.1. The molecule has 0 bridgehead atoms. The molecule has 6 heteroatoms. The molecule has 1 N–H and O–H groups in total. The zero-order valence-electron chi connectivity index (χ0n) is 17.6. The topological polar surface area (TPSA) is 59.3 Å².